The minimum absolute atomic E-state index is 0.117. The van der Waals surface area contributed by atoms with Crippen molar-refractivity contribution >= 4 is 11.8 Å². The molecule has 21 heavy (non-hydrogen) atoms. The van der Waals surface area contributed by atoms with Gasteiger partial charge in [-0.3, -0.25) is 4.57 Å². The zero-order chi connectivity index (χ0) is 14.2. The Morgan fingerprint density at radius 2 is 2.24 bits per heavy atom. The predicted molar refractivity (Wildman–Crippen MR) is 79.3 cm³/mol. The van der Waals surface area contributed by atoms with Gasteiger partial charge in [0.15, 0.2) is 5.16 Å². The maximum Gasteiger partial charge on any atom is 0.344 e. The van der Waals surface area contributed by atoms with E-state index in [0.717, 1.165) is 30.0 Å². The molecule has 2 saturated carbocycles. The first-order valence-electron chi connectivity index (χ1n) is 7.33. The normalized spacial score (nSPS) is 18.1. The van der Waals surface area contributed by atoms with E-state index in [9.17, 15) is 4.79 Å². The quantitative estimate of drug-likeness (QED) is 0.849. The van der Waals surface area contributed by atoms with E-state index in [1.54, 1.807) is 10.8 Å². The van der Waals surface area contributed by atoms with E-state index in [0.29, 0.717) is 17.2 Å². The molecule has 0 bridgehead atoms. The van der Waals surface area contributed by atoms with E-state index < -0.39 is 0 Å². The van der Waals surface area contributed by atoms with Crippen LogP contribution in [0.4, 0.5) is 0 Å². The number of hydrogen-bond donors (Lipinski definition) is 2. The minimum Gasteiger partial charge on any atom is -0.310 e. The lowest BCUT2D eigenvalue weighted by Crippen LogP contribution is -2.17. The van der Waals surface area contributed by atoms with Crippen molar-refractivity contribution in [1.82, 2.24) is 25.1 Å². The summed E-state index contributed by atoms with van der Waals surface area (Å²) in [5.74, 6) is 0. The lowest BCUT2D eigenvalue weighted by molar-refractivity contribution is 0.640. The second kappa shape index (κ2) is 5.31. The Morgan fingerprint density at radius 3 is 3.00 bits per heavy atom. The molecule has 0 unspecified atom stereocenters. The molecule has 0 aliphatic heterocycles. The first kappa shape index (κ1) is 13.1. The molecular weight excluding hydrogens is 286 g/mol. The monoisotopic (exact) mass is 303 g/mol. The molecule has 0 amide bonds. The SMILES string of the molecule is O=c1[nH]nc(Sc2ncccc2CNC2CC2)n1C1CC1. The van der Waals surface area contributed by atoms with Crippen molar-refractivity contribution in [2.24, 2.45) is 0 Å². The lowest BCUT2D eigenvalue weighted by atomic mass is 10.3. The van der Waals surface area contributed by atoms with Crippen LogP contribution in [0.1, 0.15) is 37.3 Å². The maximum absolute atomic E-state index is 11.8. The highest BCUT2D eigenvalue weighted by Crippen LogP contribution is 2.37. The van der Waals surface area contributed by atoms with Crippen molar-refractivity contribution in [2.45, 2.75) is 54.5 Å². The van der Waals surface area contributed by atoms with Crippen LogP contribution in [-0.2, 0) is 6.54 Å². The second-order valence-corrected chi connectivity index (χ2v) is 6.59. The van der Waals surface area contributed by atoms with Gasteiger partial charge in [-0.1, -0.05) is 6.07 Å². The van der Waals surface area contributed by atoms with Crippen LogP contribution in [0, 0.1) is 0 Å². The van der Waals surface area contributed by atoms with E-state index in [-0.39, 0.29) is 5.69 Å². The molecule has 4 rings (SSSR count). The van der Waals surface area contributed by atoms with Gasteiger partial charge in [-0.25, -0.2) is 14.9 Å². The highest BCUT2D eigenvalue weighted by molar-refractivity contribution is 7.99. The van der Waals surface area contributed by atoms with Gasteiger partial charge in [-0.2, -0.15) is 0 Å². The second-order valence-electron chi connectivity index (χ2n) is 5.64. The van der Waals surface area contributed by atoms with Crippen LogP contribution in [0.25, 0.3) is 0 Å². The van der Waals surface area contributed by atoms with Gasteiger partial charge in [0.2, 0.25) is 0 Å². The molecule has 2 aliphatic rings. The molecule has 110 valence electrons. The van der Waals surface area contributed by atoms with E-state index in [4.69, 9.17) is 0 Å². The fraction of sp³-hybridized carbons (Fsp3) is 0.500. The molecular formula is C14H17N5OS. The smallest absolute Gasteiger partial charge is 0.310 e. The van der Waals surface area contributed by atoms with Crippen LogP contribution in [-0.4, -0.2) is 25.8 Å². The Balaban J connectivity index is 1.57. The number of aromatic nitrogens is 4. The Kier molecular flexibility index (Phi) is 3.31. The summed E-state index contributed by atoms with van der Waals surface area (Å²) in [6.07, 6.45) is 6.44. The number of H-pyrrole nitrogens is 1. The van der Waals surface area contributed by atoms with Gasteiger partial charge in [0.25, 0.3) is 0 Å². The highest BCUT2D eigenvalue weighted by atomic mass is 32.2. The first-order chi connectivity index (χ1) is 10.3. The minimum atomic E-state index is -0.117. The number of aromatic amines is 1. The van der Waals surface area contributed by atoms with Crippen molar-refractivity contribution in [2.75, 3.05) is 0 Å². The average molecular weight is 303 g/mol. The van der Waals surface area contributed by atoms with Gasteiger partial charge in [-0.15, -0.1) is 5.10 Å². The van der Waals surface area contributed by atoms with E-state index in [1.165, 1.54) is 24.6 Å². The van der Waals surface area contributed by atoms with Crippen molar-refractivity contribution < 1.29 is 0 Å². The molecule has 7 heteroatoms. The van der Waals surface area contributed by atoms with Crippen molar-refractivity contribution in [1.29, 1.82) is 0 Å². The first-order valence-corrected chi connectivity index (χ1v) is 8.15. The summed E-state index contributed by atoms with van der Waals surface area (Å²) in [4.78, 5) is 16.3. The maximum atomic E-state index is 11.8. The molecule has 2 N–H and O–H groups in total. The summed E-state index contributed by atoms with van der Waals surface area (Å²) >= 11 is 1.47. The summed E-state index contributed by atoms with van der Waals surface area (Å²) < 4.78 is 1.76. The molecule has 6 nitrogen and oxygen atoms in total. The fourth-order valence-electron chi connectivity index (χ4n) is 2.30. The van der Waals surface area contributed by atoms with E-state index >= 15 is 0 Å². The van der Waals surface area contributed by atoms with Crippen molar-refractivity contribution in [3.05, 3.63) is 34.4 Å². The van der Waals surface area contributed by atoms with E-state index in [1.807, 2.05) is 6.07 Å². The third-order valence-electron chi connectivity index (χ3n) is 3.78. The lowest BCUT2D eigenvalue weighted by Gasteiger charge is -2.08. The van der Waals surface area contributed by atoms with Gasteiger partial charge in [-0.05, 0) is 49.1 Å². The van der Waals surface area contributed by atoms with Gasteiger partial charge < -0.3 is 5.32 Å². The molecule has 0 aromatic carbocycles. The number of pyridine rings is 1. The summed E-state index contributed by atoms with van der Waals surface area (Å²) in [5.41, 5.74) is 1.04. The van der Waals surface area contributed by atoms with Crippen molar-refractivity contribution in [3.63, 3.8) is 0 Å². The van der Waals surface area contributed by atoms with Gasteiger partial charge in [0.1, 0.15) is 5.03 Å². The molecule has 0 atom stereocenters. The Bertz CT molecular complexity index is 701. The number of nitrogens with zero attached hydrogens (tertiary/aromatic N) is 3. The highest BCUT2D eigenvalue weighted by Gasteiger charge is 2.29. The summed E-state index contributed by atoms with van der Waals surface area (Å²) in [6.45, 7) is 0.818. The molecule has 0 spiro atoms. The van der Waals surface area contributed by atoms with Gasteiger partial charge >= 0.3 is 5.69 Å². The van der Waals surface area contributed by atoms with E-state index in [2.05, 4.69) is 26.6 Å². The number of rotatable bonds is 6. The number of nitrogens with one attached hydrogen (secondary N) is 2. The zero-order valence-electron chi connectivity index (χ0n) is 11.6. The molecule has 2 fully saturated rings. The summed E-state index contributed by atoms with van der Waals surface area (Å²) in [5, 5.41) is 11.8. The molecule has 2 heterocycles. The van der Waals surface area contributed by atoms with Crippen LogP contribution < -0.4 is 11.0 Å². The van der Waals surface area contributed by atoms with Crippen LogP contribution in [0.2, 0.25) is 0 Å². The van der Waals surface area contributed by atoms with Crippen LogP contribution in [0.15, 0.2) is 33.3 Å². The number of hydrogen-bond acceptors (Lipinski definition) is 5. The molecule has 2 aromatic rings. The third kappa shape index (κ3) is 2.89. The van der Waals surface area contributed by atoms with Crippen LogP contribution >= 0.6 is 11.8 Å². The van der Waals surface area contributed by atoms with Crippen LogP contribution in [0.3, 0.4) is 0 Å². The van der Waals surface area contributed by atoms with Gasteiger partial charge in [0, 0.05) is 24.8 Å². The van der Waals surface area contributed by atoms with Gasteiger partial charge in [0.05, 0.1) is 0 Å². The molecule has 0 radical (unpaired) electrons. The summed E-state index contributed by atoms with van der Waals surface area (Å²) in [7, 11) is 0. The zero-order valence-corrected chi connectivity index (χ0v) is 12.4. The Morgan fingerprint density at radius 1 is 1.38 bits per heavy atom. The molecule has 2 aromatic heterocycles. The van der Waals surface area contributed by atoms with Crippen molar-refractivity contribution in [3.8, 4) is 0 Å². The topological polar surface area (TPSA) is 75.6 Å². The predicted octanol–water partition coefficient (Wildman–Crippen LogP) is 1.70. The summed E-state index contributed by atoms with van der Waals surface area (Å²) in [6, 6.07) is 5.01. The Labute approximate surface area is 126 Å². The molecule has 2 aliphatic carbocycles. The Hall–Kier alpha value is -1.60. The standard InChI is InChI=1S/C14H17N5OS/c20-13-17-18-14(19(13)11-5-6-11)21-12-9(2-1-7-15-12)8-16-10-3-4-10/h1-2,7,10-11,16H,3-6,8H2,(H,17,20). The third-order valence-corrected chi connectivity index (χ3v) is 4.81. The largest absolute Gasteiger partial charge is 0.344 e. The molecule has 0 saturated heterocycles. The van der Waals surface area contributed by atoms with Crippen LogP contribution in [0.5, 0.6) is 0 Å². The fourth-order valence-corrected chi connectivity index (χ4v) is 3.28. The average Bonchev–Trinajstić information content (AvgIpc) is 3.40.